The molecule has 1 fully saturated rings. The first kappa shape index (κ1) is 24.2. The fraction of sp³-hybridized carbons (Fsp3) is 0.409. The summed E-state index contributed by atoms with van der Waals surface area (Å²) in [5.74, 6) is -0.991. The van der Waals surface area contributed by atoms with Crippen LogP contribution in [0.25, 0.3) is 11.1 Å². The molecule has 1 saturated heterocycles. The second kappa shape index (κ2) is 11.4. The summed E-state index contributed by atoms with van der Waals surface area (Å²) in [6.45, 7) is 5.05. The molecule has 0 saturated carbocycles. The van der Waals surface area contributed by atoms with E-state index in [2.05, 4.69) is 5.32 Å². The lowest BCUT2D eigenvalue weighted by molar-refractivity contribution is -0.142. The number of rotatable bonds is 8. The largest absolute Gasteiger partial charge is 0.468 e. The van der Waals surface area contributed by atoms with Crippen LogP contribution in [0.15, 0.2) is 29.6 Å². The molecule has 1 aliphatic rings. The molecule has 1 amide bonds. The van der Waals surface area contributed by atoms with E-state index in [1.54, 1.807) is 18.4 Å². The maximum absolute atomic E-state index is 12.7. The molecule has 172 valence electrons. The summed E-state index contributed by atoms with van der Waals surface area (Å²) in [5.41, 5.74) is 1.64. The first-order valence-corrected chi connectivity index (χ1v) is 11.5. The number of methoxy groups -OCH3 is 1. The van der Waals surface area contributed by atoms with E-state index in [4.69, 9.17) is 21.1 Å². The molecule has 3 rings (SSSR count). The van der Waals surface area contributed by atoms with Crippen LogP contribution in [0, 0.1) is 0 Å². The Balaban J connectivity index is 1.68. The number of nitrogens with zero attached hydrogens (tertiary/aromatic N) is 2. The highest BCUT2D eigenvalue weighted by molar-refractivity contribution is 7.15. The van der Waals surface area contributed by atoms with Gasteiger partial charge in [-0.1, -0.05) is 29.8 Å². The Kier molecular flexibility index (Phi) is 8.63. The third-order valence-electron chi connectivity index (χ3n) is 5.10. The number of hydrogen-bond donors (Lipinski definition) is 1. The van der Waals surface area contributed by atoms with E-state index in [-0.39, 0.29) is 31.6 Å². The maximum atomic E-state index is 12.7. The van der Waals surface area contributed by atoms with Crippen LogP contribution in [0.1, 0.15) is 17.3 Å². The quantitative estimate of drug-likeness (QED) is 0.582. The van der Waals surface area contributed by atoms with Gasteiger partial charge in [-0.05, 0) is 13.0 Å². The summed E-state index contributed by atoms with van der Waals surface area (Å²) >= 11 is 7.60. The van der Waals surface area contributed by atoms with Crippen LogP contribution in [0.4, 0.5) is 5.00 Å². The molecule has 1 N–H and O–H groups in total. The number of thiophene rings is 1. The zero-order chi connectivity index (χ0) is 23.1. The molecule has 2 aromatic rings. The van der Waals surface area contributed by atoms with Gasteiger partial charge in [0, 0.05) is 47.7 Å². The van der Waals surface area contributed by atoms with Crippen molar-refractivity contribution in [2.24, 2.45) is 0 Å². The number of nitrogens with one attached hydrogen (secondary N) is 1. The third kappa shape index (κ3) is 6.07. The van der Waals surface area contributed by atoms with Crippen LogP contribution in [0.5, 0.6) is 0 Å². The van der Waals surface area contributed by atoms with E-state index in [9.17, 15) is 14.4 Å². The van der Waals surface area contributed by atoms with Gasteiger partial charge >= 0.3 is 11.9 Å². The molecular weight excluding hydrogens is 454 g/mol. The van der Waals surface area contributed by atoms with E-state index < -0.39 is 5.97 Å². The lowest BCUT2D eigenvalue weighted by atomic mass is 10.0. The maximum Gasteiger partial charge on any atom is 0.341 e. The Morgan fingerprint density at radius 3 is 2.34 bits per heavy atom. The van der Waals surface area contributed by atoms with E-state index in [0.717, 1.165) is 0 Å². The molecule has 0 spiro atoms. The first-order chi connectivity index (χ1) is 15.4. The molecule has 0 unspecified atom stereocenters. The van der Waals surface area contributed by atoms with Crippen molar-refractivity contribution in [3.05, 3.63) is 40.2 Å². The highest BCUT2D eigenvalue weighted by Crippen LogP contribution is 2.39. The standard InChI is InChI=1S/C22H26ClN3O5S/c1-3-31-22(29)20-16(15-6-4-5-7-17(15)23)14-32-21(20)24-18(27)12-25-8-10-26(11-9-25)13-19(28)30-2/h4-7,14H,3,8-13H2,1-2H3,(H,24,27). The average Bonchev–Trinajstić information content (AvgIpc) is 3.18. The monoisotopic (exact) mass is 479 g/mol. The van der Waals surface area contributed by atoms with Crippen molar-refractivity contribution >= 4 is 45.8 Å². The van der Waals surface area contributed by atoms with Gasteiger partial charge in [0.25, 0.3) is 0 Å². The van der Waals surface area contributed by atoms with Crippen LogP contribution < -0.4 is 5.32 Å². The Morgan fingerprint density at radius 1 is 1.06 bits per heavy atom. The third-order valence-corrected chi connectivity index (χ3v) is 6.33. The van der Waals surface area contributed by atoms with Crippen molar-refractivity contribution < 1.29 is 23.9 Å². The van der Waals surface area contributed by atoms with Crippen molar-refractivity contribution in [1.82, 2.24) is 9.80 Å². The predicted octanol–water partition coefficient (Wildman–Crippen LogP) is 2.97. The molecule has 0 atom stereocenters. The van der Waals surface area contributed by atoms with Crippen LogP contribution in [0.3, 0.4) is 0 Å². The number of anilines is 1. The van der Waals surface area contributed by atoms with Gasteiger partial charge < -0.3 is 14.8 Å². The minimum absolute atomic E-state index is 0.188. The molecule has 1 aliphatic heterocycles. The van der Waals surface area contributed by atoms with Crippen molar-refractivity contribution in [1.29, 1.82) is 0 Å². The summed E-state index contributed by atoms with van der Waals surface area (Å²) in [6.07, 6.45) is 0. The average molecular weight is 480 g/mol. The fourth-order valence-electron chi connectivity index (χ4n) is 3.46. The topological polar surface area (TPSA) is 88.2 Å². The van der Waals surface area contributed by atoms with Crippen molar-refractivity contribution in [2.75, 3.05) is 58.3 Å². The number of ether oxygens (including phenoxy) is 2. The van der Waals surface area contributed by atoms with Gasteiger partial charge in [-0.25, -0.2) is 4.79 Å². The molecule has 0 radical (unpaired) electrons. The summed E-state index contributed by atoms with van der Waals surface area (Å²) in [6, 6.07) is 7.23. The van der Waals surface area contributed by atoms with Gasteiger partial charge in [0.15, 0.2) is 0 Å². The van der Waals surface area contributed by atoms with Crippen molar-refractivity contribution in [2.45, 2.75) is 6.92 Å². The molecule has 1 aromatic carbocycles. The highest BCUT2D eigenvalue weighted by atomic mass is 35.5. The van der Waals surface area contributed by atoms with Gasteiger partial charge in [-0.15, -0.1) is 11.3 Å². The van der Waals surface area contributed by atoms with E-state index in [1.165, 1.54) is 18.4 Å². The minimum atomic E-state index is -0.504. The van der Waals surface area contributed by atoms with Crippen molar-refractivity contribution in [3.8, 4) is 11.1 Å². The van der Waals surface area contributed by atoms with Gasteiger partial charge in [0.2, 0.25) is 5.91 Å². The number of esters is 2. The molecule has 2 heterocycles. The van der Waals surface area contributed by atoms with Gasteiger partial charge in [0.1, 0.15) is 10.6 Å². The SMILES string of the molecule is CCOC(=O)c1c(-c2ccccc2Cl)csc1NC(=O)CN1CCN(CC(=O)OC)CC1. The van der Waals surface area contributed by atoms with Crippen LogP contribution in [0.2, 0.25) is 5.02 Å². The molecule has 8 nitrogen and oxygen atoms in total. The number of carbonyl (C=O) groups is 3. The molecule has 10 heteroatoms. The van der Waals surface area contributed by atoms with Gasteiger partial charge in [-0.2, -0.15) is 0 Å². The Bertz CT molecular complexity index is 972. The summed E-state index contributed by atoms with van der Waals surface area (Å²) in [4.78, 5) is 40.8. The minimum Gasteiger partial charge on any atom is -0.468 e. The summed E-state index contributed by atoms with van der Waals surface area (Å²) in [7, 11) is 1.37. The predicted molar refractivity (Wildman–Crippen MR) is 124 cm³/mol. The Morgan fingerprint density at radius 2 is 1.72 bits per heavy atom. The lowest BCUT2D eigenvalue weighted by Crippen LogP contribution is -2.49. The number of benzene rings is 1. The zero-order valence-electron chi connectivity index (χ0n) is 18.1. The normalized spacial score (nSPS) is 14.7. The Labute approximate surface area is 196 Å². The fourth-order valence-corrected chi connectivity index (χ4v) is 4.66. The zero-order valence-corrected chi connectivity index (χ0v) is 19.6. The number of piperazine rings is 1. The summed E-state index contributed by atoms with van der Waals surface area (Å²) < 4.78 is 9.93. The van der Waals surface area contributed by atoms with Crippen LogP contribution in [-0.2, 0) is 19.1 Å². The number of amides is 1. The van der Waals surface area contributed by atoms with Crippen LogP contribution >= 0.6 is 22.9 Å². The van der Waals surface area contributed by atoms with E-state index in [0.29, 0.717) is 52.9 Å². The van der Waals surface area contributed by atoms with Gasteiger partial charge in [0.05, 0.1) is 26.8 Å². The van der Waals surface area contributed by atoms with Gasteiger partial charge in [-0.3, -0.25) is 19.4 Å². The number of carbonyl (C=O) groups excluding carboxylic acids is 3. The molecule has 1 aromatic heterocycles. The number of hydrogen-bond acceptors (Lipinski definition) is 8. The Hall–Kier alpha value is -2.46. The van der Waals surface area contributed by atoms with Crippen molar-refractivity contribution in [3.63, 3.8) is 0 Å². The lowest BCUT2D eigenvalue weighted by Gasteiger charge is -2.33. The van der Waals surface area contributed by atoms with Crippen LogP contribution in [-0.4, -0.2) is 80.6 Å². The molecule has 0 bridgehead atoms. The second-order valence-corrected chi connectivity index (χ2v) is 8.52. The second-order valence-electron chi connectivity index (χ2n) is 7.23. The molecule has 0 aliphatic carbocycles. The molecular formula is C22H26ClN3O5S. The summed E-state index contributed by atoms with van der Waals surface area (Å²) in [5, 5.41) is 5.62. The first-order valence-electron chi connectivity index (χ1n) is 10.3. The van der Waals surface area contributed by atoms with E-state index in [1.807, 2.05) is 28.0 Å². The highest BCUT2D eigenvalue weighted by Gasteiger charge is 2.25. The van der Waals surface area contributed by atoms with E-state index >= 15 is 0 Å². The smallest absolute Gasteiger partial charge is 0.341 e. The number of halogens is 1. The molecule has 32 heavy (non-hydrogen) atoms.